The lowest BCUT2D eigenvalue weighted by molar-refractivity contribution is -0.132. The van der Waals surface area contributed by atoms with E-state index >= 15 is 0 Å². The highest BCUT2D eigenvalue weighted by Gasteiger charge is 2.27. The van der Waals surface area contributed by atoms with Gasteiger partial charge in [0.2, 0.25) is 29.5 Å². The van der Waals surface area contributed by atoms with Crippen LogP contribution in [-0.4, -0.2) is 65.4 Å². The van der Waals surface area contributed by atoms with Crippen molar-refractivity contribution in [3.8, 4) is 5.75 Å². The number of benzene rings is 2. The van der Waals surface area contributed by atoms with Gasteiger partial charge in [0.05, 0.1) is 12.6 Å². The fraction of sp³-hybridized carbons (Fsp3) is 0.414. The molecular weight excluding hydrogens is 528 g/mol. The minimum atomic E-state index is -1.04. The molecule has 0 aliphatic carbocycles. The van der Waals surface area contributed by atoms with Crippen molar-refractivity contribution in [2.45, 2.75) is 64.2 Å². The van der Waals surface area contributed by atoms with Gasteiger partial charge in [-0.3, -0.25) is 24.0 Å². The van der Waals surface area contributed by atoms with Gasteiger partial charge in [0.25, 0.3) is 0 Å². The van der Waals surface area contributed by atoms with E-state index in [1.165, 1.54) is 19.1 Å². The number of amides is 5. The molecule has 12 nitrogen and oxygen atoms in total. The summed E-state index contributed by atoms with van der Waals surface area (Å²) in [6.07, 6.45) is 0.678. The number of hydrogen-bond donors (Lipinski definition) is 7. The second kappa shape index (κ2) is 16.0. The molecule has 0 saturated heterocycles. The van der Waals surface area contributed by atoms with Crippen molar-refractivity contribution in [2.75, 3.05) is 6.54 Å². The summed E-state index contributed by atoms with van der Waals surface area (Å²) in [5.41, 5.74) is 12.9. The van der Waals surface area contributed by atoms with Crippen LogP contribution in [0.5, 0.6) is 5.75 Å². The van der Waals surface area contributed by atoms with Crippen LogP contribution in [0.4, 0.5) is 0 Å². The van der Waals surface area contributed by atoms with Gasteiger partial charge < -0.3 is 37.8 Å². The minimum absolute atomic E-state index is 0.0918. The molecule has 4 atom stereocenters. The van der Waals surface area contributed by atoms with E-state index in [0.29, 0.717) is 6.42 Å². The number of primary amides is 1. The summed E-state index contributed by atoms with van der Waals surface area (Å²) in [6.45, 7) is 4.77. The van der Waals surface area contributed by atoms with Crippen molar-refractivity contribution in [3.63, 3.8) is 0 Å². The standard InChI is InChI=1S/C29H40N6O6/c1-17(2)13-23(26(31)38)35-29(41)24(15-19-7-5-4-6-8-19)34-25(37)16-32-27(39)18(3)33-28(40)22(30)14-20-9-11-21(36)12-10-20/h4-12,17-18,22-24,36H,13-16,30H2,1-3H3,(H2,31,38)(H,32,39)(H,33,40)(H,34,37)(H,35,41)/t18-,22+,23-,24+/m1/s1. The summed E-state index contributed by atoms with van der Waals surface area (Å²) in [5.74, 6) is -2.90. The van der Waals surface area contributed by atoms with Gasteiger partial charge in [0.1, 0.15) is 23.9 Å². The van der Waals surface area contributed by atoms with Crippen LogP contribution < -0.4 is 32.7 Å². The van der Waals surface area contributed by atoms with Crippen molar-refractivity contribution < 1.29 is 29.1 Å². The van der Waals surface area contributed by atoms with E-state index in [-0.39, 0.29) is 24.5 Å². The van der Waals surface area contributed by atoms with E-state index in [0.717, 1.165) is 11.1 Å². The van der Waals surface area contributed by atoms with Gasteiger partial charge in [0, 0.05) is 6.42 Å². The molecule has 0 bridgehead atoms. The number of nitrogens with two attached hydrogens (primary N) is 2. The fourth-order valence-electron chi connectivity index (χ4n) is 3.98. The van der Waals surface area contributed by atoms with Crippen LogP contribution in [0.3, 0.4) is 0 Å². The van der Waals surface area contributed by atoms with E-state index in [2.05, 4.69) is 21.3 Å². The maximum Gasteiger partial charge on any atom is 0.243 e. The summed E-state index contributed by atoms with van der Waals surface area (Å²) in [5, 5.41) is 19.5. The average Bonchev–Trinajstić information content (AvgIpc) is 2.92. The largest absolute Gasteiger partial charge is 0.508 e. The molecule has 0 aromatic heterocycles. The third-order valence-electron chi connectivity index (χ3n) is 6.21. The molecule has 0 aliphatic rings. The predicted molar refractivity (Wildman–Crippen MR) is 153 cm³/mol. The quantitative estimate of drug-likeness (QED) is 0.152. The molecule has 0 aliphatic heterocycles. The van der Waals surface area contributed by atoms with Gasteiger partial charge in [-0.15, -0.1) is 0 Å². The zero-order valence-corrected chi connectivity index (χ0v) is 23.6. The number of hydrogen-bond acceptors (Lipinski definition) is 7. The lowest BCUT2D eigenvalue weighted by atomic mass is 10.0. The van der Waals surface area contributed by atoms with E-state index < -0.39 is 60.2 Å². The van der Waals surface area contributed by atoms with Crippen molar-refractivity contribution in [2.24, 2.45) is 17.4 Å². The molecule has 0 saturated carbocycles. The number of aromatic hydroxyl groups is 1. The number of rotatable bonds is 15. The molecule has 0 fully saturated rings. The molecule has 12 heteroatoms. The number of phenolic OH excluding ortho intramolecular Hbond substituents is 1. The molecule has 0 unspecified atom stereocenters. The molecule has 2 aromatic rings. The van der Waals surface area contributed by atoms with Crippen LogP contribution in [0.1, 0.15) is 38.3 Å². The molecule has 0 spiro atoms. The van der Waals surface area contributed by atoms with Gasteiger partial charge >= 0.3 is 0 Å². The van der Waals surface area contributed by atoms with Gasteiger partial charge in [-0.2, -0.15) is 0 Å². The summed E-state index contributed by atoms with van der Waals surface area (Å²) < 4.78 is 0. The normalized spacial score (nSPS) is 13.8. The SMILES string of the molecule is CC(C)C[C@@H](NC(=O)[C@H](Cc1ccccc1)NC(=O)CNC(=O)[C@@H](C)NC(=O)[C@@H](N)Cc1ccc(O)cc1)C(N)=O. The maximum atomic E-state index is 13.1. The molecule has 9 N–H and O–H groups in total. The Labute approximate surface area is 239 Å². The Morgan fingerprint density at radius 1 is 0.756 bits per heavy atom. The highest BCUT2D eigenvalue weighted by atomic mass is 16.3. The molecular formula is C29H40N6O6. The monoisotopic (exact) mass is 568 g/mol. The number of carbonyl (C=O) groups is 5. The van der Waals surface area contributed by atoms with Crippen molar-refractivity contribution in [1.29, 1.82) is 0 Å². The highest BCUT2D eigenvalue weighted by molar-refractivity contribution is 5.94. The molecule has 41 heavy (non-hydrogen) atoms. The van der Waals surface area contributed by atoms with Gasteiger partial charge in [-0.05, 0) is 48.9 Å². The number of nitrogens with one attached hydrogen (secondary N) is 4. The first kappa shape index (κ1) is 32.8. The Kier molecular flexibility index (Phi) is 12.8. The molecule has 2 aromatic carbocycles. The average molecular weight is 569 g/mol. The van der Waals surface area contributed by atoms with Crippen LogP contribution in [0.25, 0.3) is 0 Å². The second-order valence-corrected chi connectivity index (χ2v) is 10.3. The molecule has 0 heterocycles. The Balaban J connectivity index is 1.94. The topological polar surface area (TPSA) is 206 Å². The Hall–Kier alpha value is -4.45. The summed E-state index contributed by atoms with van der Waals surface area (Å²) in [6, 6.07) is 11.4. The van der Waals surface area contributed by atoms with Gasteiger partial charge in [-0.25, -0.2) is 0 Å². The van der Waals surface area contributed by atoms with Crippen LogP contribution in [0.15, 0.2) is 54.6 Å². The molecule has 2 rings (SSSR count). The van der Waals surface area contributed by atoms with E-state index in [9.17, 15) is 29.1 Å². The third-order valence-corrected chi connectivity index (χ3v) is 6.21. The Morgan fingerprint density at radius 2 is 1.37 bits per heavy atom. The fourth-order valence-corrected chi connectivity index (χ4v) is 3.98. The van der Waals surface area contributed by atoms with Crippen LogP contribution >= 0.6 is 0 Å². The first-order chi connectivity index (χ1) is 19.3. The van der Waals surface area contributed by atoms with E-state index in [1.54, 1.807) is 36.4 Å². The lowest BCUT2D eigenvalue weighted by Crippen LogP contribution is -2.56. The Morgan fingerprint density at radius 3 is 1.95 bits per heavy atom. The van der Waals surface area contributed by atoms with Crippen LogP contribution in [0.2, 0.25) is 0 Å². The summed E-state index contributed by atoms with van der Waals surface area (Å²) in [7, 11) is 0. The predicted octanol–water partition coefficient (Wildman–Crippen LogP) is -0.373. The zero-order valence-electron chi connectivity index (χ0n) is 23.6. The van der Waals surface area contributed by atoms with E-state index in [1.807, 2.05) is 19.9 Å². The lowest BCUT2D eigenvalue weighted by Gasteiger charge is -2.23. The zero-order chi connectivity index (χ0) is 30.5. The molecule has 5 amide bonds. The summed E-state index contributed by atoms with van der Waals surface area (Å²) >= 11 is 0. The number of phenols is 1. The Bertz CT molecular complexity index is 1190. The van der Waals surface area contributed by atoms with Crippen molar-refractivity contribution in [3.05, 3.63) is 65.7 Å². The minimum Gasteiger partial charge on any atom is -0.508 e. The highest BCUT2D eigenvalue weighted by Crippen LogP contribution is 2.11. The van der Waals surface area contributed by atoms with Crippen LogP contribution in [-0.2, 0) is 36.8 Å². The third kappa shape index (κ3) is 11.7. The van der Waals surface area contributed by atoms with Gasteiger partial charge in [0.15, 0.2) is 0 Å². The summed E-state index contributed by atoms with van der Waals surface area (Å²) in [4.78, 5) is 62.6. The first-order valence-electron chi connectivity index (χ1n) is 13.4. The number of carbonyl (C=O) groups excluding carboxylic acids is 5. The van der Waals surface area contributed by atoms with E-state index in [4.69, 9.17) is 11.5 Å². The maximum absolute atomic E-state index is 13.1. The molecule has 0 radical (unpaired) electrons. The van der Waals surface area contributed by atoms with Crippen molar-refractivity contribution >= 4 is 29.5 Å². The van der Waals surface area contributed by atoms with Crippen molar-refractivity contribution in [1.82, 2.24) is 21.3 Å². The first-order valence-corrected chi connectivity index (χ1v) is 13.4. The second-order valence-electron chi connectivity index (χ2n) is 10.3. The van der Waals surface area contributed by atoms with Gasteiger partial charge in [-0.1, -0.05) is 56.3 Å². The molecule has 222 valence electrons. The van der Waals surface area contributed by atoms with Crippen LogP contribution in [0, 0.1) is 5.92 Å². The smallest absolute Gasteiger partial charge is 0.243 e.